The molecule has 0 aliphatic carbocycles. The third-order valence-electron chi connectivity index (χ3n) is 1.52. The largest absolute Gasteiger partial charge is 0.478 e. The van der Waals surface area contributed by atoms with Gasteiger partial charge in [0.15, 0.2) is 0 Å². The highest BCUT2D eigenvalue weighted by atomic mass is 16.4. The maximum atomic E-state index is 10.1. The molecule has 0 heterocycles. The second kappa shape index (κ2) is 8.78. The molecule has 0 rings (SSSR count). The molecule has 1 N–H and O–H groups in total. The minimum absolute atomic E-state index is 0.841. The summed E-state index contributed by atoms with van der Waals surface area (Å²) < 4.78 is 0. The molecule has 0 spiro atoms. The van der Waals surface area contributed by atoms with Crippen molar-refractivity contribution in [1.29, 1.82) is 0 Å². The molecule has 0 aromatic rings. The number of allylic oxidation sites excluding steroid dienone is 4. The highest BCUT2D eigenvalue weighted by Gasteiger charge is 1.85. The highest BCUT2D eigenvalue weighted by molar-refractivity contribution is 5.79. The van der Waals surface area contributed by atoms with Crippen molar-refractivity contribution in [3.05, 3.63) is 37.0 Å². The van der Waals surface area contributed by atoms with Crippen LogP contribution in [-0.4, -0.2) is 11.1 Å². The lowest BCUT2D eigenvalue weighted by Gasteiger charge is -1.91. The van der Waals surface area contributed by atoms with Crippen LogP contribution in [0.3, 0.4) is 0 Å². The van der Waals surface area contributed by atoms with Crippen LogP contribution in [0.5, 0.6) is 0 Å². The molecular weight excluding hydrogens is 164 g/mol. The molecule has 0 aromatic heterocycles. The first-order valence-corrected chi connectivity index (χ1v) is 4.44. The Kier molecular flexibility index (Phi) is 7.90. The number of hydrogen-bond acceptors (Lipinski definition) is 1. The Hall–Kier alpha value is -1.31. The summed E-state index contributed by atoms with van der Waals surface area (Å²) in [7, 11) is 0. The summed E-state index contributed by atoms with van der Waals surface area (Å²) in [4.78, 5) is 10.1. The first-order valence-electron chi connectivity index (χ1n) is 4.44. The van der Waals surface area contributed by atoms with Crippen LogP contribution in [-0.2, 0) is 4.79 Å². The molecule has 2 heteroatoms. The van der Waals surface area contributed by atoms with Crippen molar-refractivity contribution >= 4 is 5.97 Å². The summed E-state index contributed by atoms with van der Waals surface area (Å²) in [5.41, 5.74) is 0. The summed E-state index contributed by atoms with van der Waals surface area (Å²) in [6.45, 7) is 3.56. The molecule has 0 amide bonds. The van der Waals surface area contributed by atoms with Gasteiger partial charge >= 0.3 is 5.97 Å². The van der Waals surface area contributed by atoms with Gasteiger partial charge in [-0.2, -0.15) is 0 Å². The number of carbonyl (C=O) groups is 1. The van der Waals surface area contributed by atoms with Gasteiger partial charge in [-0.15, -0.1) is 0 Å². The molecule has 0 aliphatic heterocycles. The Morgan fingerprint density at radius 2 is 1.85 bits per heavy atom. The number of rotatable bonds is 7. The molecule has 0 saturated heterocycles. The predicted octanol–water partition coefficient (Wildman–Crippen LogP) is 2.93. The molecule has 0 saturated carbocycles. The lowest BCUT2D eigenvalue weighted by molar-refractivity contribution is -0.131. The van der Waals surface area contributed by atoms with Crippen LogP contribution in [0.25, 0.3) is 0 Å². The average Bonchev–Trinajstić information content (AvgIpc) is 2.09. The van der Waals surface area contributed by atoms with Crippen LogP contribution < -0.4 is 0 Å². The van der Waals surface area contributed by atoms with Crippen molar-refractivity contribution in [1.82, 2.24) is 0 Å². The number of aliphatic carboxylic acids is 1. The maximum absolute atomic E-state index is 10.1. The van der Waals surface area contributed by atoms with E-state index < -0.39 is 5.97 Å². The molecule has 0 unspecified atom stereocenters. The summed E-state index contributed by atoms with van der Waals surface area (Å²) in [6, 6.07) is 0. The first kappa shape index (κ1) is 11.7. The van der Waals surface area contributed by atoms with E-state index in [1.807, 2.05) is 6.08 Å². The molecule has 72 valence electrons. The van der Waals surface area contributed by atoms with E-state index in [0.29, 0.717) is 0 Å². The van der Waals surface area contributed by atoms with Crippen LogP contribution in [0.1, 0.15) is 25.7 Å². The van der Waals surface area contributed by atoms with Gasteiger partial charge in [0.1, 0.15) is 0 Å². The van der Waals surface area contributed by atoms with Crippen LogP contribution >= 0.6 is 0 Å². The molecule has 0 bridgehead atoms. The first-order chi connectivity index (χ1) is 6.27. The van der Waals surface area contributed by atoms with E-state index in [-0.39, 0.29) is 0 Å². The van der Waals surface area contributed by atoms with Crippen molar-refractivity contribution in [3.63, 3.8) is 0 Å². The Morgan fingerprint density at radius 1 is 1.23 bits per heavy atom. The van der Waals surface area contributed by atoms with Crippen LogP contribution in [0.4, 0.5) is 0 Å². The van der Waals surface area contributed by atoms with Crippen LogP contribution in [0, 0.1) is 0 Å². The summed E-state index contributed by atoms with van der Waals surface area (Å²) in [5.74, 6) is -0.869. The van der Waals surface area contributed by atoms with Gasteiger partial charge < -0.3 is 5.11 Å². The molecule has 0 atom stereocenters. The summed E-state index contributed by atoms with van der Waals surface area (Å²) in [6.07, 6.45) is 12.6. The average molecular weight is 180 g/mol. The molecule has 13 heavy (non-hydrogen) atoms. The third kappa shape index (κ3) is 10.7. The SMILES string of the molecule is C=CC=CCCCC/C=C\C(=O)O. The molecule has 0 fully saturated rings. The van der Waals surface area contributed by atoms with Crippen molar-refractivity contribution in [2.45, 2.75) is 25.7 Å². The van der Waals surface area contributed by atoms with Gasteiger partial charge in [0.05, 0.1) is 0 Å². The standard InChI is InChI=1S/C11H16O2/c1-2-3-4-5-6-7-8-9-10-11(12)13/h2-4,9-10H,1,5-8H2,(H,12,13)/b4-3?,10-9-. The van der Waals surface area contributed by atoms with Gasteiger partial charge in [-0.25, -0.2) is 4.79 Å². The zero-order valence-corrected chi connectivity index (χ0v) is 7.78. The van der Waals surface area contributed by atoms with Gasteiger partial charge in [-0.05, 0) is 25.7 Å². The van der Waals surface area contributed by atoms with E-state index in [9.17, 15) is 4.79 Å². The normalized spacial score (nSPS) is 11.1. The number of carboxylic acids is 1. The fraction of sp³-hybridized carbons (Fsp3) is 0.364. The summed E-state index contributed by atoms with van der Waals surface area (Å²) in [5, 5.41) is 8.28. The molecule has 2 nitrogen and oxygen atoms in total. The van der Waals surface area contributed by atoms with Gasteiger partial charge in [-0.1, -0.05) is 30.9 Å². The minimum Gasteiger partial charge on any atom is -0.478 e. The number of unbranched alkanes of at least 4 members (excludes halogenated alkanes) is 3. The van der Waals surface area contributed by atoms with Gasteiger partial charge in [-0.3, -0.25) is 0 Å². The minimum atomic E-state index is -0.869. The Bertz CT molecular complexity index is 202. The monoisotopic (exact) mass is 180 g/mol. The zero-order chi connectivity index (χ0) is 9.94. The fourth-order valence-corrected chi connectivity index (χ4v) is 0.901. The fourth-order valence-electron chi connectivity index (χ4n) is 0.901. The lowest BCUT2D eigenvalue weighted by Crippen LogP contribution is -1.85. The number of hydrogen-bond donors (Lipinski definition) is 1. The topological polar surface area (TPSA) is 37.3 Å². The van der Waals surface area contributed by atoms with Crippen molar-refractivity contribution in [3.8, 4) is 0 Å². The Labute approximate surface area is 79.3 Å². The van der Waals surface area contributed by atoms with Gasteiger partial charge in [0.2, 0.25) is 0 Å². The smallest absolute Gasteiger partial charge is 0.327 e. The van der Waals surface area contributed by atoms with Crippen LogP contribution in [0.2, 0.25) is 0 Å². The van der Waals surface area contributed by atoms with E-state index in [2.05, 4.69) is 12.7 Å². The lowest BCUT2D eigenvalue weighted by atomic mass is 10.2. The van der Waals surface area contributed by atoms with E-state index in [1.165, 1.54) is 6.08 Å². The second-order valence-electron chi connectivity index (χ2n) is 2.69. The molecule has 0 radical (unpaired) electrons. The highest BCUT2D eigenvalue weighted by Crippen LogP contribution is 2.01. The Morgan fingerprint density at radius 3 is 2.38 bits per heavy atom. The van der Waals surface area contributed by atoms with E-state index in [0.717, 1.165) is 25.7 Å². The van der Waals surface area contributed by atoms with E-state index >= 15 is 0 Å². The van der Waals surface area contributed by atoms with Crippen molar-refractivity contribution < 1.29 is 9.90 Å². The molecule has 0 aromatic carbocycles. The third-order valence-corrected chi connectivity index (χ3v) is 1.52. The Balaban J connectivity index is 3.21. The zero-order valence-electron chi connectivity index (χ0n) is 7.78. The van der Waals surface area contributed by atoms with Gasteiger partial charge in [0, 0.05) is 6.08 Å². The summed E-state index contributed by atoms with van der Waals surface area (Å²) >= 11 is 0. The van der Waals surface area contributed by atoms with Crippen molar-refractivity contribution in [2.24, 2.45) is 0 Å². The second-order valence-corrected chi connectivity index (χ2v) is 2.69. The van der Waals surface area contributed by atoms with Crippen molar-refractivity contribution in [2.75, 3.05) is 0 Å². The van der Waals surface area contributed by atoms with E-state index in [4.69, 9.17) is 5.11 Å². The van der Waals surface area contributed by atoms with Crippen LogP contribution in [0.15, 0.2) is 37.0 Å². The maximum Gasteiger partial charge on any atom is 0.327 e. The van der Waals surface area contributed by atoms with E-state index in [1.54, 1.807) is 12.2 Å². The quantitative estimate of drug-likeness (QED) is 0.371. The molecular formula is C11H16O2. The van der Waals surface area contributed by atoms with Gasteiger partial charge in [0.25, 0.3) is 0 Å². The number of carboxylic acid groups (broad SMARTS) is 1. The molecule has 0 aliphatic rings. The predicted molar refractivity (Wildman–Crippen MR) is 54.6 cm³/mol.